The van der Waals surface area contributed by atoms with Crippen molar-refractivity contribution in [3.63, 3.8) is 0 Å². The van der Waals surface area contributed by atoms with Crippen molar-refractivity contribution in [2.45, 2.75) is 44.6 Å². The molecule has 4 heterocycles. The maximum Gasteiger partial charge on any atom is 0.229 e. The SMILES string of the molecule is CC1=CC(Nc2ncc(-c3nc4ccncc4s3)c(N[C@@H]3C[C@H](CO)[C@@H](O)[C@H]3O)n2)=CC(C)N1. The minimum atomic E-state index is -1.03. The molecular weight excluding hydrogens is 454 g/mol. The number of fused-ring (bicyclic) bond motifs is 1. The summed E-state index contributed by atoms with van der Waals surface area (Å²) < 4.78 is 0.941. The van der Waals surface area contributed by atoms with Crippen molar-refractivity contribution in [1.29, 1.82) is 0 Å². The molecule has 5 atom stereocenters. The van der Waals surface area contributed by atoms with Crippen LogP contribution in [-0.4, -0.2) is 66.2 Å². The summed E-state index contributed by atoms with van der Waals surface area (Å²) in [5.74, 6) is 0.478. The van der Waals surface area contributed by atoms with Crippen LogP contribution in [0.25, 0.3) is 20.8 Å². The second-order valence-electron chi connectivity index (χ2n) is 8.74. The lowest BCUT2D eigenvalue weighted by Crippen LogP contribution is -2.35. The Bertz CT molecular complexity index is 1230. The maximum absolute atomic E-state index is 10.6. The molecule has 10 nitrogen and oxygen atoms in total. The van der Waals surface area contributed by atoms with E-state index < -0.39 is 24.2 Å². The standard InChI is InChI=1S/C23H27N7O3S/c1-11-5-14(6-12(2)26-11)27-23-25-8-15(22-29-16-3-4-24-9-18(16)34-22)21(30-23)28-17-7-13(10-31)19(32)20(17)33/h3-6,8-9,11,13,17,19-20,26,31-33H,7,10H2,1-2H3,(H2,25,27,28,30)/t11?,13-,17-,19-,20+/m1/s1. The number of hydrogen-bond donors (Lipinski definition) is 6. The molecule has 3 aromatic rings. The van der Waals surface area contributed by atoms with Crippen LogP contribution in [0.1, 0.15) is 20.3 Å². The Morgan fingerprint density at radius 2 is 2.06 bits per heavy atom. The van der Waals surface area contributed by atoms with Gasteiger partial charge in [0.05, 0.1) is 27.9 Å². The van der Waals surface area contributed by atoms with Gasteiger partial charge in [0.15, 0.2) is 0 Å². The molecule has 1 unspecified atom stereocenters. The van der Waals surface area contributed by atoms with E-state index in [4.69, 9.17) is 9.97 Å². The molecule has 1 aliphatic heterocycles. The zero-order chi connectivity index (χ0) is 23.8. The van der Waals surface area contributed by atoms with Gasteiger partial charge < -0.3 is 31.3 Å². The fourth-order valence-electron chi connectivity index (χ4n) is 4.43. The number of aromatic nitrogens is 4. The molecule has 0 bridgehead atoms. The molecule has 0 radical (unpaired) electrons. The number of thiazole rings is 1. The van der Waals surface area contributed by atoms with E-state index >= 15 is 0 Å². The Hall–Kier alpha value is -3.12. The quantitative estimate of drug-likeness (QED) is 0.308. The first-order chi connectivity index (χ1) is 16.4. The number of nitrogens with one attached hydrogen (secondary N) is 3. The van der Waals surface area contributed by atoms with Crippen LogP contribution in [0, 0.1) is 5.92 Å². The first-order valence-corrected chi connectivity index (χ1v) is 12.0. The molecule has 3 aromatic heterocycles. The van der Waals surface area contributed by atoms with Gasteiger partial charge in [-0.15, -0.1) is 11.3 Å². The average Bonchev–Trinajstić information content (AvgIpc) is 3.35. The Morgan fingerprint density at radius 3 is 2.79 bits per heavy atom. The number of aliphatic hydroxyl groups is 3. The molecule has 34 heavy (non-hydrogen) atoms. The second-order valence-corrected chi connectivity index (χ2v) is 9.77. The van der Waals surface area contributed by atoms with Crippen molar-refractivity contribution in [1.82, 2.24) is 25.3 Å². The van der Waals surface area contributed by atoms with Gasteiger partial charge >= 0.3 is 0 Å². The van der Waals surface area contributed by atoms with Gasteiger partial charge in [-0.3, -0.25) is 4.98 Å². The smallest absolute Gasteiger partial charge is 0.229 e. The van der Waals surface area contributed by atoms with Gasteiger partial charge in [-0.1, -0.05) is 0 Å². The van der Waals surface area contributed by atoms with E-state index in [2.05, 4.69) is 32.8 Å². The summed E-state index contributed by atoms with van der Waals surface area (Å²) in [6.45, 7) is 3.85. The van der Waals surface area contributed by atoms with Crippen molar-refractivity contribution in [3.05, 3.63) is 48.2 Å². The largest absolute Gasteiger partial charge is 0.396 e. The maximum atomic E-state index is 10.6. The van der Waals surface area contributed by atoms with E-state index in [-0.39, 0.29) is 12.6 Å². The lowest BCUT2D eigenvalue weighted by atomic mass is 10.1. The highest BCUT2D eigenvalue weighted by atomic mass is 32.1. The molecule has 2 aliphatic rings. The number of pyridine rings is 1. The summed E-state index contributed by atoms with van der Waals surface area (Å²) in [6.07, 6.45) is 7.56. The Labute approximate surface area is 200 Å². The number of aliphatic hydroxyl groups excluding tert-OH is 3. The third-order valence-electron chi connectivity index (χ3n) is 6.08. The van der Waals surface area contributed by atoms with Crippen LogP contribution in [0.3, 0.4) is 0 Å². The van der Waals surface area contributed by atoms with Crippen LogP contribution in [-0.2, 0) is 0 Å². The Kier molecular flexibility index (Phi) is 6.17. The number of anilines is 2. The van der Waals surface area contributed by atoms with Gasteiger partial charge in [-0.05, 0) is 38.5 Å². The van der Waals surface area contributed by atoms with Gasteiger partial charge in [-0.2, -0.15) is 4.98 Å². The lowest BCUT2D eigenvalue weighted by molar-refractivity contribution is 0.00446. The van der Waals surface area contributed by atoms with Crippen molar-refractivity contribution < 1.29 is 15.3 Å². The van der Waals surface area contributed by atoms with Gasteiger partial charge in [0, 0.05) is 48.6 Å². The normalized spacial score (nSPS) is 26.7. The number of dihydropyridines is 1. The van der Waals surface area contributed by atoms with Crippen LogP contribution in [0.2, 0.25) is 0 Å². The van der Waals surface area contributed by atoms with Crippen LogP contribution in [0.15, 0.2) is 48.2 Å². The summed E-state index contributed by atoms with van der Waals surface area (Å²) in [5.41, 5.74) is 3.42. The fourth-order valence-corrected chi connectivity index (χ4v) is 5.37. The summed E-state index contributed by atoms with van der Waals surface area (Å²) >= 11 is 1.48. The van der Waals surface area contributed by atoms with Crippen LogP contribution in [0.5, 0.6) is 0 Å². The molecule has 1 fully saturated rings. The zero-order valence-electron chi connectivity index (χ0n) is 18.8. The van der Waals surface area contributed by atoms with E-state index in [1.165, 1.54) is 11.3 Å². The summed E-state index contributed by atoms with van der Waals surface area (Å²) in [7, 11) is 0. The van der Waals surface area contributed by atoms with E-state index in [9.17, 15) is 15.3 Å². The Morgan fingerprint density at radius 1 is 1.21 bits per heavy atom. The lowest BCUT2D eigenvalue weighted by Gasteiger charge is -2.21. The molecule has 0 spiro atoms. The molecule has 6 N–H and O–H groups in total. The predicted octanol–water partition coefficient (Wildman–Crippen LogP) is 1.85. The molecule has 0 saturated heterocycles. The third kappa shape index (κ3) is 4.47. The van der Waals surface area contributed by atoms with Gasteiger partial charge in [0.2, 0.25) is 5.95 Å². The van der Waals surface area contributed by atoms with Crippen molar-refractivity contribution in [3.8, 4) is 10.6 Å². The predicted molar refractivity (Wildman–Crippen MR) is 131 cm³/mol. The number of allylic oxidation sites excluding steroid dienone is 2. The third-order valence-corrected chi connectivity index (χ3v) is 7.12. The second kappa shape index (κ2) is 9.26. The first-order valence-electron chi connectivity index (χ1n) is 11.2. The summed E-state index contributed by atoms with van der Waals surface area (Å²) in [5, 5.41) is 41.0. The molecule has 5 rings (SSSR count). The average molecular weight is 482 g/mol. The van der Waals surface area contributed by atoms with Gasteiger partial charge in [0.1, 0.15) is 16.9 Å². The minimum absolute atomic E-state index is 0.172. The van der Waals surface area contributed by atoms with Crippen LogP contribution in [0.4, 0.5) is 11.8 Å². The molecule has 1 aliphatic carbocycles. The van der Waals surface area contributed by atoms with E-state index in [0.29, 0.717) is 28.8 Å². The monoisotopic (exact) mass is 481 g/mol. The number of nitrogens with zero attached hydrogens (tertiary/aromatic N) is 4. The molecule has 1 saturated carbocycles. The van der Waals surface area contributed by atoms with E-state index in [1.54, 1.807) is 18.6 Å². The minimum Gasteiger partial charge on any atom is -0.396 e. The van der Waals surface area contributed by atoms with Crippen LogP contribution < -0.4 is 16.0 Å². The topological polar surface area (TPSA) is 148 Å². The fraction of sp³-hybridized carbons (Fsp3) is 0.391. The highest BCUT2D eigenvalue weighted by Gasteiger charge is 2.41. The highest BCUT2D eigenvalue weighted by Crippen LogP contribution is 2.36. The van der Waals surface area contributed by atoms with E-state index in [1.807, 2.05) is 25.1 Å². The summed E-state index contributed by atoms with van der Waals surface area (Å²) in [6, 6.07) is 1.54. The molecule has 0 amide bonds. The van der Waals surface area contributed by atoms with Crippen molar-refractivity contribution >= 4 is 33.3 Å². The molecule has 11 heteroatoms. The molecular formula is C23H27N7O3S. The Balaban J connectivity index is 1.50. The molecule has 178 valence electrons. The zero-order valence-corrected chi connectivity index (χ0v) is 19.6. The van der Waals surface area contributed by atoms with Gasteiger partial charge in [-0.25, -0.2) is 9.97 Å². The molecule has 0 aromatic carbocycles. The summed E-state index contributed by atoms with van der Waals surface area (Å²) in [4.78, 5) is 18.1. The van der Waals surface area contributed by atoms with Crippen molar-refractivity contribution in [2.24, 2.45) is 5.92 Å². The highest BCUT2D eigenvalue weighted by molar-refractivity contribution is 7.21. The van der Waals surface area contributed by atoms with E-state index in [0.717, 1.165) is 21.6 Å². The first kappa shape index (κ1) is 22.7. The van der Waals surface area contributed by atoms with Gasteiger partial charge in [0.25, 0.3) is 0 Å². The number of rotatable bonds is 6. The van der Waals surface area contributed by atoms with Crippen molar-refractivity contribution in [2.75, 3.05) is 17.2 Å². The van der Waals surface area contributed by atoms with Crippen LogP contribution >= 0.6 is 11.3 Å². The number of hydrogen-bond acceptors (Lipinski definition) is 11.